The van der Waals surface area contributed by atoms with Gasteiger partial charge in [0.2, 0.25) is 0 Å². The Balaban J connectivity index is 2.29. The van der Waals surface area contributed by atoms with E-state index < -0.39 is 0 Å². The van der Waals surface area contributed by atoms with Gasteiger partial charge in [-0.3, -0.25) is 0 Å². The molecule has 3 nitrogen and oxygen atoms in total. The number of hydrogen-bond acceptors (Lipinski definition) is 3. The van der Waals surface area contributed by atoms with Crippen LogP contribution in [0.3, 0.4) is 0 Å². The molecule has 1 aliphatic heterocycles. The number of nitrogens with one attached hydrogen (secondary N) is 1. The Morgan fingerprint density at radius 3 is 2.58 bits per heavy atom. The van der Waals surface area contributed by atoms with Crippen molar-refractivity contribution in [1.82, 2.24) is 5.43 Å². The van der Waals surface area contributed by atoms with Gasteiger partial charge in [-0.1, -0.05) is 32.0 Å². The number of rotatable bonds is 3. The van der Waals surface area contributed by atoms with E-state index in [-0.39, 0.29) is 5.41 Å². The molecule has 0 bridgehead atoms. The molecule has 1 aromatic carbocycles. The van der Waals surface area contributed by atoms with E-state index >= 15 is 0 Å². The van der Waals surface area contributed by atoms with Gasteiger partial charge in [0.25, 0.3) is 0 Å². The highest BCUT2D eigenvalue weighted by atomic mass is 15.3. The molecule has 102 valence electrons. The Labute approximate surface area is 116 Å². The maximum Gasteiger partial charge on any atom is 0.0485 e. The molecule has 0 fully saturated rings. The summed E-state index contributed by atoms with van der Waals surface area (Å²) >= 11 is 0. The summed E-state index contributed by atoms with van der Waals surface area (Å²) in [6.45, 7) is 8.66. The molecule has 0 radical (unpaired) electrons. The van der Waals surface area contributed by atoms with Crippen LogP contribution < -0.4 is 10.3 Å². The van der Waals surface area contributed by atoms with E-state index in [1.54, 1.807) is 0 Å². The Morgan fingerprint density at radius 1 is 1.26 bits per heavy atom. The lowest BCUT2D eigenvalue weighted by atomic mass is 9.84. The number of benzene rings is 1. The van der Waals surface area contributed by atoms with Gasteiger partial charge in [-0.15, -0.1) is 0 Å². The van der Waals surface area contributed by atoms with E-state index in [0.29, 0.717) is 6.04 Å². The normalized spacial score (nSPS) is 19.5. The molecule has 0 unspecified atom stereocenters. The molecule has 1 aliphatic rings. The molecule has 0 amide bonds. The van der Waals surface area contributed by atoms with Crippen molar-refractivity contribution in [2.45, 2.75) is 39.2 Å². The molecule has 0 spiro atoms. The second-order valence-corrected chi connectivity index (χ2v) is 5.82. The zero-order valence-corrected chi connectivity index (χ0v) is 12.4. The second kappa shape index (κ2) is 5.08. The molecule has 0 atom stereocenters. The quantitative estimate of drug-likeness (QED) is 0.664. The molecule has 1 heterocycles. The lowest BCUT2D eigenvalue weighted by molar-refractivity contribution is 0.622. The topological polar surface area (TPSA) is 27.6 Å². The number of hydrazone groups is 1. The van der Waals surface area contributed by atoms with E-state index in [9.17, 15) is 0 Å². The Bertz CT molecular complexity index is 512. The van der Waals surface area contributed by atoms with Crippen LogP contribution in [0.5, 0.6) is 0 Å². The summed E-state index contributed by atoms with van der Waals surface area (Å²) in [4.78, 5) is 2.25. The van der Waals surface area contributed by atoms with Crippen molar-refractivity contribution in [1.29, 1.82) is 0 Å². The van der Waals surface area contributed by atoms with Crippen LogP contribution in [0.1, 0.15) is 33.3 Å². The smallest absolute Gasteiger partial charge is 0.0485 e. The summed E-state index contributed by atoms with van der Waals surface area (Å²) in [6.07, 6.45) is 3.94. The Hall–Kier alpha value is -1.77. The van der Waals surface area contributed by atoms with Gasteiger partial charge in [0, 0.05) is 36.1 Å². The molecule has 0 aliphatic carbocycles. The lowest BCUT2D eigenvalue weighted by Crippen LogP contribution is -2.23. The summed E-state index contributed by atoms with van der Waals surface area (Å²) < 4.78 is 0. The van der Waals surface area contributed by atoms with Crippen molar-refractivity contribution >= 4 is 11.9 Å². The minimum absolute atomic E-state index is 0.0230. The minimum Gasteiger partial charge on any atom is -0.347 e. The van der Waals surface area contributed by atoms with Crippen molar-refractivity contribution in [3.05, 3.63) is 41.6 Å². The van der Waals surface area contributed by atoms with Crippen LogP contribution in [0, 0.1) is 0 Å². The molecule has 0 aromatic heterocycles. The maximum absolute atomic E-state index is 4.22. The summed E-state index contributed by atoms with van der Waals surface area (Å²) in [5, 5.41) is 4.22. The Morgan fingerprint density at radius 2 is 1.95 bits per heavy atom. The van der Waals surface area contributed by atoms with Crippen molar-refractivity contribution in [3.63, 3.8) is 0 Å². The molecule has 1 aromatic rings. The van der Waals surface area contributed by atoms with E-state index in [1.807, 2.05) is 6.21 Å². The molecular weight excluding hydrogens is 234 g/mol. The van der Waals surface area contributed by atoms with Crippen molar-refractivity contribution in [2.75, 3.05) is 11.9 Å². The SMILES string of the molecule is CC(C)N/N=C\C=C1\N(C)c2ccccc2C1(C)C. The predicted molar refractivity (Wildman–Crippen MR) is 82.7 cm³/mol. The maximum atomic E-state index is 4.22. The highest BCUT2D eigenvalue weighted by Gasteiger charge is 2.37. The zero-order valence-electron chi connectivity index (χ0n) is 12.4. The van der Waals surface area contributed by atoms with Crippen molar-refractivity contribution < 1.29 is 0 Å². The van der Waals surface area contributed by atoms with Crippen LogP contribution in [0.25, 0.3) is 0 Å². The third-order valence-electron chi connectivity index (χ3n) is 3.58. The van der Waals surface area contributed by atoms with Gasteiger partial charge in [0.1, 0.15) is 0 Å². The van der Waals surface area contributed by atoms with Crippen LogP contribution in [-0.4, -0.2) is 19.3 Å². The first kappa shape index (κ1) is 13.7. The largest absolute Gasteiger partial charge is 0.347 e. The second-order valence-electron chi connectivity index (χ2n) is 5.82. The number of nitrogens with zero attached hydrogens (tertiary/aromatic N) is 2. The van der Waals surface area contributed by atoms with Gasteiger partial charge in [-0.05, 0) is 31.6 Å². The molecule has 0 saturated carbocycles. The lowest BCUT2D eigenvalue weighted by Gasteiger charge is -2.23. The number of allylic oxidation sites excluding steroid dienone is 2. The average molecular weight is 257 g/mol. The fourth-order valence-electron chi connectivity index (χ4n) is 2.60. The van der Waals surface area contributed by atoms with E-state index in [4.69, 9.17) is 0 Å². The van der Waals surface area contributed by atoms with Crippen molar-refractivity contribution in [2.24, 2.45) is 5.10 Å². The van der Waals surface area contributed by atoms with Gasteiger partial charge in [0.05, 0.1) is 0 Å². The molecule has 1 N–H and O–H groups in total. The summed E-state index contributed by atoms with van der Waals surface area (Å²) in [5.74, 6) is 0. The summed E-state index contributed by atoms with van der Waals surface area (Å²) in [5.41, 5.74) is 6.98. The van der Waals surface area contributed by atoms with Gasteiger partial charge in [-0.2, -0.15) is 5.10 Å². The van der Waals surface area contributed by atoms with Crippen LogP contribution in [0.2, 0.25) is 0 Å². The van der Waals surface area contributed by atoms with Crippen LogP contribution >= 0.6 is 0 Å². The highest BCUT2D eigenvalue weighted by molar-refractivity contribution is 5.79. The first-order valence-corrected chi connectivity index (χ1v) is 6.77. The third-order valence-corrected chi connectivity index (χ3v) is 3.58. The number of likely N-dealkylation sites (N-methyl/N-ethyl adjacent to an activating group) is 1. The van der Waals surface area contributed by atoms with E-state index in [2.05, 4.69) is 80.5 Å². The number of para-hydroxylation sites is 1. The zero-order chi connectivity index (χ0) is 14.0. The van der Waals surface area contributed by atoms with Crippen LogP contribution in [-0.2, 0) is 5.41 Å². The summed E-state index contributed by atoms with van der Waals surface area (Å²) in [6, 6.07) is 8.92. The fraction of sp³-hybridized carbons (Fsp3) is 0.438. The van der Waals surface area contributed by atoms with E-state index in [1.165, 1.54) is 16.9 Å². The van der Waals surface area contributed by atoms with Gasteiger partial charge in [-0.25, -0.2) is 0 Å². The van der Waals surface area contributed by atoms with Gasteiger partial charge < -0.3 is 10.3 Å². The molecule has 0 saturated heterocycles. The first-order chi connectivity index (χ1) is 8.94. The van der Waals surface area contributed by atoms with Crippen molar-refractivity contribution in [3.8, 4) is 0 Å². The van der Waals surface area contributed by atoms with Crippen LogP contribution in [0.4, 0.5) is 5.69 Å². The average Bonchev–Trinajstić information content (AvgIpc) is 2.55. The van der Waals surface area contributed by atoms with Gasteiger partial charge >= 0.3 is 0 Å². The highest BCUT2D eigenvalue weighted by Crippen LogP contribution is 2.46. The Kier molecular flexibility index (Phi) is 3.65. The molecular formula is C16H23N3. The predicted octanol–water partition coefficient (Wildman–Crippen LogP) is 3.28. The number of fused-ring (bicyclic) bond motifs is 1. The number of hydrogen-bond donors (Lipinski definition) is 1. The first-order valence-electron chi connectivity index (χ1n) is 6.77. The van der Waals surface area contributed by atoms with Crippen LogP contribution in [0.15, 0.2) is 41.1 Å². The molecule has 3 heteroatoms. The van der Waals surface area contributed by atoms with E-state index in [0.717, 1.165) is 0 Å². The summed E-state index contributed by atoms with van der Waals surface area (Å²) in [7, 11) is 2.11. The van der Waals surface area contributed by atoms with Gasteiger partial charge in [0.15, 0.2) is 0 Å². The number of anilines is 1. The molecule has 19 heavy (non-hydrogen) atoms. The monoisotopic (exact) mass is 257 g/mol. The molecule has 2 rings (SSSR count). The fourth-order valence-corrected chi connectivity index (χ4v) is 2.60. The minimum atomic E-state index is 0.0230. The standard InChI is InChI=1S/C16H23N3/c1-12(2)18-17-11-10-15-16(3,4)13-8-6-7-9-14(13)19(15)5/h6-12,18H,1-5H3/b15-10+,17-11-. The third kappa shape index (κ3) is 2.50.